The minimum Gasteiger partial charge on any atom is -0.394 e. The number of epoxide rings is 1. The Kier molecular flexibility index (Phi) is 7.73. The van der Waals surface area contributed by atoms with Gasteiger partial charge in [0.25, 0.3) is 0 Å². The van der Waals surface area contributed by atoms with Crippen molar-refractivity contribution in [2.45, 2.75) is 25.0 Å². The zero-order valence-corrected chi connectivity index (χ0v) is 11.0. The van der Waals surface area contributed by atoms with Crippen LogP contribution in [0, 0.1) is 0 Å². The highest BCUT2D eigenvalue weighted by molar-refractivity contribution is 4.82. The Balaban J connectivity index is 1.82. The summed E-state index contributed by atoms with van der Waals surface area (Å²) in [5.41, 5.74) is -0.828. The van der Waals surface area contributed by atoms with Gasteiger partial charge in [-0.15, -0.1) is 0 Å². The van der Waals surface area contributed by atoms with E-state index in [0.717, 1.165) is 6.61 Å². The zero-order chi connectivity index (χ0) is 13.3. The first-order chi connectivity index (χ1) is 8.64. The average Bonchev–Trinajstić information content (AvgIpc) is 3.10. The van der Waals surface area contributed by atoms with Gasteiger partial charge in [0.2, 0.25) is 0 Å². The molecule has 2 unspecified atom stereocenters. The molecule has 0 aromatic heterocycles. The van der Waals surface area contributed by atoms with Gasteiger partial charge >= 0.3 is 0 Å². The standard InChI is InChI=1S/C12H24O6/c1-12(14,8-11-9-18-11)10-17-7-6-16-5-4-15-3-2-13/h11,13-14H,2-10H2,1H3. The van der Waals surface area contributed by atoms with Crippen molar-refractivity contribution in [3.05, 3.63) is 0 Å². The van der Waals surface area contributed by atoms with Gasteiger partial charge in [0.05, 0.1) is 64.6 Å². The molecule has 0 aliphatic carbocycles. The molecule has 2 atom stereocenters. The van der Waals surface area contributed by atoms with Gasteiger partial charge in [0.1, 0.15) is 0 Å². The van der Waals surface area contributed by atoms with Crippen molar-refractivity contribution in [2.75, 3.05) is 52.9 Å². The molecule has 18 heavy (non-hydrogen) atoms. The summed E-state index contributed by atoms with van der Waals surface area (Å²) < 4.78 is 20.7. The summed E-state index contributed by atoms with van der Waals surface area (Å²) in [6.07, 6.45) is 0.812. The van der Waals surface area contributed by atoms with Crippen molar-refractivity contribution in [3.8, 4) is 0 Å². The molecule has 0 aromatic rings. The highest BCUT2D eigenvalue weighted by Crippen LogP contribution is 2.22. The van der Waals surface area contributed by atoms with Gasteiger partial charge in [-0.3, -0.25) is 0 Å². The smallest absolute Gasteiger partial charge is 0.0877 e. The van der Waals surface area contributed by atoms with Crippen molar-refractivity contribution in [1.29, 1.82) is 0 Å². The van der Waals surface area contributed by atoms with Gasteiger partial charge in [0.15, 0.2) is 0 Å². The first-order valence-corrected chi connectivity index (χ1v) is 6.32. The highest BCUT2D eigenvalue weighted by atomic mass is 16.6. The summed E-state index contributed by atoms with van der Waals surface area (Å²) in [5.74, 6) is 0. The van der Waals surface area contributed by atoms with Crippen LogP contribution in [0.2, 0.25) is 0 Å². The summed E-state index contributed by atoms with van der Waals surface area (Å²) in [6.45, 7) is 5.02. The molecule has 108 valence electrons. The highest BCUT2D eigenvalue weighted by Gasteiger charge is 2.32. The molecule has 0 saturated carbocycles. The molecule has 2 N–H and O–H groups in total. The number of aliphatic hydroxyl groups excluding tert-OH is 1. The molecule has 0 bridgehead atoms. The summed E-state index contributed by atoms with van der Waals surface area (Å²) in [5, 5.41) is 18.4. The molecule has 0 radical (unpaired) electrons. The monoisotopic (exact) mass is 264 g/mol. The predicted octanol–water partition coefficient (Wildman–Crippen LogP) is -0.432. The number of hydrogen-bond acceptors (Lipinski definition) is 6. The van der Waals surface area contributed by atoms with Crippen molar-refractivity contribution >= 4 is 0 Å². The summed E-state index contributed by atoms with van der Waals surface area (Å²) >= 11 is 0. The molecule has 1 rings (SSSR count). The lowest BCUT2D eigenvalue weighted by Gasteiger charge is -2.22. The second-order valence-electron chi connectivity index (χ2n) is 4.66. The number of aliphatic hydroxyl groups is 2. The SMILES string of the molecule is CC(O)(COCCOCCOCCO)CC1CO1. The fraction of sp³-hybridized carbons (Fsp3) is 1.00. The molecule has 6 nitrogen and oxygen atoms in total. The van der Waals surface area contributed by atoms with Crippen LogP contribution in [0.15, 0.2) is 0 Å². The van der Waals surface area contributed by atoms with E-state index in [2.05, 4.69) is 0 Å². The van der Waals surface area contributed by atoms with Crippen molar-refractivity contribution in [2.24, 2.45) is 0 Å². The largest absolute Gasteiger partial charge is 0.394 e. The Morgan fingerprint density at radius 1 is 1.11 bits per heavy atom. The predicted molar refractivity (Wildman–Crippen MR) is 64.5 cm³/mol. The molecule has 0 spiro atoms. The Bertz CT molecular complexity index is 205. The maximum Gasteiger partial charge on any atom is 0.0877 e. The van der Waals surface area contributed by atoms with E-state index < -0.39 is 5.60 Å². The van der Waals surface area contributed by atoms with Crippen LogP contribution in [0.25, 0.3) is 0 Å². The Morgan fingerprint density at radius 3 is 2.22 bits per heavy atom. The van der Waals surface area contributed by atoms with Gasteiger partial charge in [0, 0.05) is 6.42 Å². The van der Waals surface area contributed by atoms with Crippen LogP contribution in [0.5, 0.6) is 0 Å². The number of hydrogen-bond donors (Lipinski definition) is 2. The van der Waals surface area contributed by atoms with Gasteiger partial charge in [-0.2, -0.15) is 0 Å². The average molecular weight is 264 g/mol. The molecular formula is C12H24O6. The van der Waals surface area contributed by atoms with Crippen molar-refractivity contribution < 1.29 is 29.2 Å². The van der Waals surface area contributed by atoms with Crippen molar-refractivity contribution in [1.82, 2.24) is 0 Å². The van der Waals surface area contributed by atoms with E-state index >= 15 is 0 Å². The lowest BCUT2D eigenvalue weighted by atomic mass is 10.0. The van der Waals surface area contributed by atoms with E-state index in [0.29, 0.717) is 39.5 Å². The van der Waals surface area contributed by atoms with E-state index in [1.165, 1.54) is 0 Å². The summed E-state index contributed by atoms with van der Waals surface area (Å²) in [7, 11) is 0. The third-order valence-electron chi connectivity index (χ3n) is 2.46. The number of rotatable bonds is 12. The molecule has 0 aromatic carbocycles. The second kappa shape index (κ2) is 8.79. The van der Waals surface area contributed by atoms with E-state index in [-0.39, 0.29) is 19.3 Å². The van der Waals surface area contributed by atoms with E-state index in [9.17, 15) is 5.11 Å². The maximum atomic E-state index is 9.94. The summed E-state index contributed by atoms with van der Waals surface area (Å²) in [4.78, 5) is 0. The second-order valence-corrected chi connectivity index (χ2v) is 4.66. The minimum atomic E-state index is -0.828. The van der Waals surface area contributed by atoms with E-state index in [4.69, 9.17) is 24.1 Å². The quantitative estimate of drug-likeness (QED) is 0.368. The van der Waals surface area contributed by atoms with Crippen LogP contribution < -0.4 is 0 Å². The van der Waals surface area contributed by atoms with Gasteiger partial charge < -0.3 is 29.2 Å². The molecule has 1 heterocycles. The molecule has 1 aliphatic heterocycles. The lowest BCUT2D eigenvalue weighted by Crippen LogP contribution is -2.33. The first kappa shape index (κ1) is 15.8. The molecule has 0 amide bonds. The van der Waals surface area contributed by atoms with Gasteiger partial charge in [-0.05, 0) is 6.92 Å². The maximum absolute atomic E-state index is 9.94. The van der Waals surface area contributed by atoms with Crippen LogP contribution >= 0.6 is 0 Å². The Labute approximate surface area is 108 Å². The van der Waals surface area contributed by atoms with Crippen LogP contribution in [0.1, 0.15) is 13.3 Å². The third kappa shape index (κ3) is 8.79. The molecule has 1 saturated heterocycles. The van der Waals surface area contributed by atoms with Gasteiger partial charge in [-0.1, -0.05) is 0 Å². The Hall–Kier alpha value is -0.240. The molecular weight excluding hydrogens is 240 g/mol. The first-order valence-electron chi connectivity index (χ1n) is 6.32. The van der Waals surface area contributed by atoms with Crippen LogP contribution in [-0.4, -0.2) is 74.8 Å². The normalized spacial score (nSPS) is 21.8. The van der Waals surface area contributed by atoms with Crippen LogP contribution in [0.4, 0.5) is 0 Å². The zero-order valence-electron chi connectivity index (χ0n) is 11.0. The van der Waals surface area contributed by atoms with Gasteiger partial charge in [-0.25, -0.2) is 0 Å². The van der Waals surface area contributed by atoms with E-state index in [1.807, 2.05) is 0 Å². The van der Waals surface area contributed by atoms with E-state index in [1.54, 1.807) is 6.92 Å². The minimum absolute atomic E-state index is 0.0307. The summed E-state index contributed by atoms with van der Waals surface area (Å²) in [6, 6.07) is 0. The fourth-order valence-electron chi connectivity index (χ4n) is 1.53. The topological polar surface area (TPSA) is 80.7 Å². The third-order valence-corrected chi connectivity index (χ3v) is 2.46. The van der Waals surface area contributed by atoms with Crippen LogP contribution in [0.3, 0.4) is 0 Å². The molecule has 1 aliphatic rings. The molecule has 1 fully saturated rings. The van der Waals surface area contributed by atoms with Crippen LogP contribution in [-0.2, 0) is 18.9 Å². The molecule has 6 heteroatoms. The van der Waals surface area contributed by atoms with Crippen molar-refractivity contribution in [3.63, 3.8) is 0 Å². The Morgan fingerprint density at radius 2 is 1.67 bits per heavy atom. The fourth-order valence-corrected chi connectivity index (χ4v) is 1.53. The number of ether oxygens (including phenoxy) is 4. The lowest BCUT2D eigenvalue weighted by molar-refractivity contribution is -0.0582.